The molecule has 0 aliphatic heterocycles. The van der Waals surface area contributed by atoms with Crippen molar-refractivity contribution in [1.29, 1.82) is 0 Å². The van der Waals surface area contributed by atoms with E-state index in [1.165, 1.54) is 4.90 Å². The predicted octanol–water partition coefficient (Wildman–Crippen LogP) is -0.766. The number of aliphatic carboxylic acids is 1. The van der Waals surface area contributed by atoms with E-state index in [4.69, 9.17) is 15.3 Å². The normalized spacial score (nSPS) is 12.3. The first-order chi connectivity index (χ1) is 7.90. The lowest BCUT2D eigenvalue weighted by molar-refractivity contribution is -0.146. The summed E-state index contributed by atoms with van der Waals surface area (Å²) in [7, 11) is 0. The molecule has 17 heavy (non-hydrogen) atoms. The van der Waals surface area contributed by atoms with E-state index in [1.807, 2.05) is 0 Å². The highest BCUT2D eigenvalue weighted by Gasteiger charge is 2.17. The van der Waals surface area contributed by atoms with Crippen LogP contribution in [-0.2, 0) is 4.79 Å². The number of urea groups is 1. The van der Waals surface area contributed by atoms with Crippen LogP contribution in [-0.4, -0.2) is 64.1 Å². The lowest BCUT2D eigenvalue weighted by Gasteiger charge is -2.26. The van der Waals surface area contributed by atoms with Crippen molar-refractivity contribution in [1.82, 2.24) is 10.2 Å². The van der Waals surface area contributed by atoms with Crippen LogP contribution < -0.4 is 5.32 Å². The third-order valence-electron chi connectivity index (χ3n) is 2.20. The maximum absolute atomic E-state index is 11.6. The van der Waals surface area contributed by atoms with Crippen LogP contribution in [0.15, 0.2) is 0 Å². The van der Waals surface area contributed by atoms with Crippen molar-refractivity contribution in [2.45, 2.75) is 32.4 Å². The molecule has 0 saturated heterocycles. The van der Waals surface area contributed by atoms with Gasteiger partial charge in [0.15, 0.2) is 6.10 Å². The number of aliphatic hydroxyl groups is 2. The van der Waals surface area contributed by atoms with Crippen molar-refractivity contribution in [2.75, 3.05) is 19.7 Å². The molecule has 0 aliphatic carbocycles. The number of amides is 2. The van der Waals surface area contributed by atoms with E-state index in [1.54, 1.807) is 13.8 Å². The fourth-order valence-electron chi connectivity index (χ4n) is 1.24. The van der Waals surface area contributed by atoms with Gasteiger partial charge in [-0.3, -0.25) is 0 Å². The van der Waals surface area contributed by atoms with Crippen molar-refractivity contribution in [3.8, 4) is 0 Å². The Balaban J connectivity index is 4.02. The van der Waals surface area contributed by atoms with Gasteiger partial charge in [-0.25, -0.2) is 9.59 Å². The van der Waals surface area contributed by atoms with Gasteiger partial charge in [0.1, 0.15) is 0 Å². The Morgan fingerprint density at radius 3 is 2.35 bits per heavy atom. The zero-order chi connectivity index (χ0) is 13.4. The molecule has 0 heterocycles. The summed E-state index contributed by atoms with van der Waals surface area (Å²) in [6.45, 7) is 3.76. The SMILES string of the molecule is CC(C)N(CCO)C(=O)NCCC(O)C(=O)O. The van der Waals surface area contributed by atoms with Gasteiger partial charge >= 0.3 is 12.0 Å². The first kappa shape index (κ1) is 15.7. The second kappa shape index (κ2) is 7.86. The summed E-state index contributed by atoms with van der Waals surface area (Å²) in [6.07, 6.45) is -1.52. The van der Waals surface area contributed by atoms with E-state index >= 15 is 0 Å². The van der Waals surface area contributed by atoms with Gasteiger partial charge in [-0.1, -0.05) is 0 Å². The van der Waals surface area contributed by atoms with Crippen LogP contribution in [0.1, 0.15) is 20.3 Å². The predicted molar refractivity (Wildman–Crippen MR) is 60.6 cm³/mol. The van der Waals surface area contributed by atoms with E-state index < -0.39 is 12.1 Å². The van der Waals surface area contributed by atoms with E-state index in [0.29, 0.717) is 0 Å². The summed E-state index contributed by atoms with van der Waals surface area (Å²) < 4.78 is 0. The van der Waals surface area contributed by atoms with Gasteiger partial charge in [0, 0.05) is 25.6 Å². The van der Waals surface area contributed by atoms with Crippen LogP contribution in [0, 0.1) is 0 Å². The van der Waals surface area contributed by atoms with Crippen molar-refractivity contribution < 1.29 is 24.9 Å². The number of carboxylic acids is 1. The highest BCUT2D eigenvalue weighted by molar-refractivity contribution is 5.75. The van der Waals surface area contributed by atoms with Crippen LogP contribution in [0.5, 0.6) is 0 Å². The van der Waals surface area contributed by atoms with Gasteiger partial charge in [0.25, 0.3) is 0 Å². The number of hydrogen-bond donors (Lipinski definition) is 4. The molecule has 2 amide bonds. The van der Waals surface area contributed by atoms with Crippen LogP contribution >= 0.6 is 0 Å². The van der Waals surface area contributed by atoms with Crippen LogP contribution in [0.4, 0.5) is 4.79 Å². The highest BCUT2D eigenvalue weighted by Crippen LogP contribution is 1.98. The monoisotopic (exact) mass is 248 g/mol. The van der Waals surface area contributed by atoms with Crippen molar-refractivity contribution >= 4 is 12.0 Å². The average molecular weight is 248 g/mol. The Morgan fingerprint density at radius 2 is 1.94 bits per heavy atom. The zero-order valence-corrected chi connectivity index (χ0v) is 10.1. The Labute approximate surface area is 100 Å². The summed E-state index contributed by atoms with van der Waals surface area (Å²) in [4.78, 5) is 23.3. The molecule has 0 aromatic rings. The number of rotatable bonds is 7. The minimum absolute atomic E-state index is 0.0495. The number of aliphatic hydroxyl groups excluding tert-OH is 2. The molecule has 0 radical (unpaired) electrons. The second-order valence-corrected chi connectivity index (χ2v) is 3.89. The number of carbonyl (C=O) groups is 2. The van der Waals surface area contributed by atoms with Crippen LogP contribution in [0.2, 0.25) is 0 Å². The maximum Gasteiger partial charge on any atom is 0.332 e. The number of carbonyl (C=O) groups excluding carboxylic acids is 1. The third-order valence-corrected chi connectivity index (χ3v) is 2.20. The van der Waals surface area contributed by atoms with Crippen LogP contribution in [0.3, 0.4) is 0 Å². The Kier molecular flexibility index (Phi) is 7.24. The van der Waals surface area contributed by atoms with Crippen molar-refractivity contribution in [2.24, 2.45) is 0 Å². The molecular weight excluding hydrogens is 228 g/mol. The van der Waals surface area contributed by atoms with E-state index in [9.17, 15) is 9.59 Å². The molecule has 1 unspecified atom stereocenters. The number of nitrogens with one attached hydrogen (secondary N) is 1. The molecule has 0 aliphatic rings. The first-order valence-electron chi connectivity index (χ1n) is 5.46. The van der Waals surface area contributed by atoms with Gasteiger partial charge in [0.2, 0.25) is 0 Å². The molecule has 0 bridgehead atoms. The van der Waals surface area contributed by atoms with Gasteiger partial charge in [-0.15, -0.1) is 0 Å². The fourth-order valence-corrected chi connectivity index (χ4v) is 1.24. The number of carboxylic acid groups (broad SMARTS) is 1. The Hall–Kier alpha value is -1.34. The van der Waals surface area contributed by atoms with E-state index in [-0.39, 0.29) is 38.2 Å². The summed E-state index contributed by atoms with van der Waals surface area (Å²) >= 11 is 0. The molecule has 7 nitrogen and oxygen atoms in total. The minimum atomic E-state index is -1.47. The summed E-state index contributed by atoms with van der Waals surface area (Å²) in [5.74, 6) is -1.31. The molecule has 100 valence electrons. The molecule has 0 spiro atoms. The van der Waals surface area contributed by atoms with Crippen LogP contribution in [0.25, 0.3) is 0 Å². The van der Waals surface area contributed by atoms with E-state index in [0.717, 1.165) is 0 Å². The average Bonchev–Trinajstić information content (AvgIpc) is 2.24. The highest BCUT2D eigenvalue weighted by atomic mass is 16.4. The smallest absolute Gasteiger partial charge is 0.332 e. The van der Waals surface area contributed by atoms with Gasteiger partial charge in [-0.05, 0) is 13.8 Å². The number of hydrogen-bond acceptors (Lipinski definition) is 4. The molecular formula is C10H20N2O5. The molecule has 0 saturated carbocycles. The Bertz CT molecular complexity index is 257. The third kappa shape index (κ3) is 6.08. The lowest BCUT2D eigenvalue weighted by atomic mass is 10.2. The van der Waals surface area contributed by atoms with E-state index in [2.05, 4.69) is 5.32 Å². The fraction of sp³-hybridized carbons (Fsp3) is 0.800. The first-order valence-corrected chi connectivity index (χ1v) is 5.46. The number of nitrogens with zero attached hydrogens (tertiary/aromatic N) is 1. The zero-order valence-electron chi connectivity index (χ0n) is 10.1. The quantitative estimate of drug-likeness (QED) is 0.473. The topological polar surface area (TPSA) is 110 Å². The van der Waals surface area contributed by atoms with Crippen molar-refractivity contribution in [3.63, 3.8) is 0 Å². The second-order valence-electron chi connectivity index (χ2n) is 3.89. The lowest BCUT2D eigenvalue weighted by Crippen LogP contribution is -2.46. The summed E-state index contributed by atoms with van der Waals surface area (Å²) in [5, 5.41) is 28.7. The largest absolute Gasteiger partial charge is 0.479 e. The molecule has 0 fully saturated rings. The summed E-state index contributed by atoms with van der Waals surface area (Å²) in [5.41, 5.74) is 0. The van der Waals surface area contributed by atoms with Gasteiger partial charge in [-0.2, -0.15) is 0 Å². The Morgan fingerprint density at radius 1 is 1.35 bits per heavy atom. The molecule has 7 heteroatoms. The molecule has 4 N–H and O–H groups in total. The maximum atomic E-state index is 11.6. The van der Waals surface area contributed by atoms with Gasteiger partial charge < -0.3 is 25.5 Å². The standard InChI is InChI=1S/C10H20N2O5/c1-7(2)12(5-6-13)10(17)11-4-3-8(14)9(15)16/h7-8,13-14H,3-6H2,1-2H3,(H,11,17)(H,15,16). The molecule has 0 aromatic carbocycles. The van der Waals surface area contributed by atoms with Crippen molar-refractivity contribution in [3.05, 3.63) is 0 Å². The summed E-state index contributed by atoms with van der Waals surface area (Å²) in [6, 6.07) is -0.446. The van der Waals surface area contributed by atoms with Gasteiger partial charge in [0.05, 0.1) is 6.61 Å². The molecule has 1 atom stereocenters. The molecule has 0 rings (SSSR count). The molecule has 0 aromatic heterocycles. The minimum Gasteiger partial charge on any atom is -0.479 e.